The summed E-state index contributed by atoms with van der Waals surface area (Å²) in [6, 6.07) is 3.16. The fourth-order valence-electron chi connectivity index (χ4n) is 1.20. The molecular formula is C13H13F3O. The molecule has 92 valence electrons. The van der Waals surface area contributed by atoms with Crippen molar-refractivity contribution in [2.24, 2.45) is 5.92 Å². The lowest BCUT2D eigenvalue weighted by molar-refractivity contribution is -0.137. The van der Waals surface area contributed by atoms with Crippen molar-refractivity contribution < 1.29 is 17.9 Å². The van der Waals surface area contributed by atoms with E-state index in [0.717, 1.165) is 12.1 Å². The summed E-state index contributed by atoms with van der Waals surface area (Å²) in [6.07, 6.45) is 0.785. The smallest absolute Gasteiger partial charge is 0.416 e. The van der Waals surface area contributed by atoms with Gasteiger partial charge in [0.25, 0.3) is 0 Å². The van der Waals surface area contributed by atoms with Crippen LogP contribution in [0.15, 0.2) is 18.2 Å². The molecule has 1 aromatic carbocycles. The maximum absolute atomic E-state index is 12.4. The predicted octanol–water partition coefficient (Wildman–Crippen LogP) is 3.72. The molecule has 1 aromatic rings. The molecule has 0 saturated heterocycles. The summed E-state index contributed by atoms with van der Waals surface area (Å²) in [5.41, 5.74) is -0.636. The zero-order valence-corrected chi connectivity index (χ0v) is 9.64. The van der Waals surface area contributed by atoms with Crippen molar-refractivity contribution in [3.8, 4) is 18.1 Å². The molecule has 17 heavy (non-hydrogen) atoms. The molecule has 0 radical (unpaired) electrons. The maximum Gasteiger partial charge on any atom is 0.416 e. The maximum atomic E-state index is 12.4. The number of benzene rings is 1. The minimum absolute atomic E-state index is 0.125. The number of rotatable bonds is 3. The Morgan fingerprint density at radius 1 is 1.35 bits per heavy atom. The number of hydrogen-bond acceptors (Lipinski definition) is 1. The number of alkyl halides is 3. The Balaban J connectivity index is 2.99. The number of terminal acetylenes is 1. The van der Waals surface area contributed by atoms with Crippen molar-refractivity contribution in [1.82, 2.24) is 0 Å². The lowest BCUT2D eigenvalue weighted by Gasteiger charge is -2.13. The second-order valence-corrected chi connectivity index (χ2v) is 4.06. The normalized spacial score (nSPS) is 11.4. The van der Waals surface area contributed by atoms with Gasteiger partial charge in [0, 0.05) is 0 Å². The fourth-order valence-corrected chi connectivity index (χ4v) is 1.20. The number of ether oxygens (including phenoxy) is 1. The molecule has 4 heteroatoms. The summed E-state index contributed by atoms with van der Waals surface area (Å²) >= 11 is 0. The highest BCUT2D eigenvalue weighted by Crippen LogP contribution is 2.32. The molecule has 0 aliphatic carbocycles. The summed E-state index contributed by atoms with van der Waals surface area (Å²) in [6.45, 7) is 4.30. The van der Waals surface area contributed by atoms with Gasteiger partial charge in [-0.2, -0.15) is 13.2 Å². The van der Waals surface area contributed by atoms with Crippen molar-refractivity contribution >= 4 is 0 Å². The fraction of sp³-hybridized carbons (Fsp3) is 0.385. The molecule has 0 aliphatic rings. The molecule has 0 spiro atoms. The minimum Gasteiger partial charge on any atom is -0.492 e. The van der Waals surface area contributed by atoms with Crippen molar-refractivity contribution in [2.75, 3.05) is 6.61 Å². The molecule has 0 saturated carbocycles. The van der Waals surface area contributed by atoms with Crippen molar-refractivity contribution in [1.29, 1.82) is 0 Å². The lowest BCUT2D eigenvalue weighted by atomic mass is 10.1. The Hall–Kier alpha value is -1.63. The molecule has 1 nitrogen and oxygen atoms in total. The van der Waals surface area contributed by atoms with Gasteiger partial charge in [-0.1, -0.05) is 19.8 Å². The summed E-state index contributed by atoms with van der Waals surface area (Å²) in [5, 5.41) is 0. The highest BCUT2D eigenvalue weighted by Gasteiger charge is 2.31. The molecular weight excluding hydrogens is 229 g/mol. The molecule has 0 amide bonds. The van der Waals surface area contributed by atoms with Gasteiger partial charge < -0.3 is 4.74 Å². The SMILES string of the molecule is C#Cc1cc(C(F)(F)F)ccc1OCC(C)C. The summed E-state index contributed by atoms with van der Waals surface area (Å²) in [7, 11) is 0. The van der Waals surface area contributed by atoms with Gasteiger partial charge >= 0.3 is 6.18 Å². The second kappa shape index (κ2) is 5.13. The van der Waals surface area contributed by atoms with Crippen LogP contribution in [-0.4, -0.2) is 6.61 Å². The first kappa shape index (κ1) is 13.4. The van der Waals surface area contributed by atoms with E-state index < -0.39 is 11.7 Å². The molecule has 0 fully saturated rings. The van der Waals surface area contributed by atoms with Crippen molar-refractivity contribution in [2.45, 2.75) is 20.0 Å². The second-order valence-electron chi connectivity index (χ2n) is 4.06. The van der Waals surface area contributed by atoms with Crippen LogP contribution in [0.5, 0.6) is 5.75 Å². The van der Waals surface area contributed by atoms with E-state index in [1.807, 2.05) is 13.8 Å². The van der Waals surface area contributed by atoms with Crippen LogP contribution >= 0.6 is 0 Å². The molecule has 0 atom stereocenters. The quantitative estimate of drug-likeness (QED) is 0.734. The lowest BCUT2D eigenvalue weighted by Crippen LogP contribution is -2.08. The number of hydrogen-bond donors (Lipinski definition) is 0. The van der Waals surface area contributed by atoms with E-state index in [0.29, 0.717) is 12.4 Å². The van der Waals surface area contributed by atoms with Gasteiger partial charge in [-0.3, -0.25) is 0 Å². The minimum atomic E-state index is -4.39. The van der Waals surface area contributed by atoms with E-state index in [9.17, 15) is 13.2 Å². The number of halogens is 3. The molecule has 0 heterocycles. The van der Waals surface area contributed by atoms with E-state index in [4.69, 9.17) is 11.2 Å². The van der Waals surface area contributed by atoms with E-state index >= 15 is 0 Å². The third-order valence-corrected chi connectivity index (χ3v) is 2.03. The highest BCUT2D eigenvalue weighted by atomic mass is 19.4. The van der Waals surface area contributed by atoms with Gasteiger partial charge in [0.1, 0.15) is 5.75 Å². The Bertz CT molecular complexity index is 427. The summed E-state index contributed by atoms with van der Waals surface area (Å²) < 4.78 is 42.7. The van der Waals surface area contributed by atoms with Gasteiger partial charge in [-0.15, -0.1) is 6.42 Å². The molecule has 1 rings (SSSR count). The predicted molar refractivity (Wildman–Crippen MR) is 59.7 cm³/mol. The van der Waals surface area contributed by atoms with Gasteiger partial charge in [0.2, 0.25) is 0 Å². The average molecular weight is 242 g/mol. The van der Waals surface area contributed by atoms with E-state index in [1.165, 1.54) is 6.07 Å². The highest BCUT2D eigenvalue weighted by molar-refractivity contribution is 5.47. The van der Waals surface area contributed by atoms with E-state index in [-0.39, 0.29) is 11.5 Å². The first-order chi connectivity index (χ1) is 7.84. The molecule has 0 aliphatic heterocycles. The Morgan fingerprint density at radius 3 is 2.47 bits per heavy atom. The molecule has 0 aromatic heterocycles. The molecule has 0 bridgehead atoms. The Labute approximate surface area is 98.6 Å². The zero-order chi connectivity index (χ0) is 13.1. The zero-order valence-electron chi connectivity index (χ0n) is 9.64. The van der Waals surface area contributed by atoms with Gasteiger partial charge in [0.05, 0.1) is 17.7 Å². The first-order valence-electron chi connectivity index (χ1n) is 5.15. The van der Waals surface area contributed by atoms with Crippen LogP contribution in [-0.2, 0) is 6.18 Å². The van der Waals surface area contributed by atoms with Crippen LogP contribution in [0, 0.1) is 18.3 Å². The largest absolute Gasteiger partial charge is 0.492 e. The van der Waals surface area contributed by atoms with Crippen LogP contribution in [0.3, 0.4) is 0 Å². The molecule has 0 unspecified atom stereocenters. The van der Waals surface area contributed by atoms with Crippen LogP contribution in [0.1, 0.15) is 25.0 Å². The van der Waals surface area contributed by atoms with Gasteiger partial charge in [-0.25, -0.2) is 0 Å². The first-order valence-corrected chi connectivity index (χ1v) is 5.15. The third kappa shape index (κ3) is 3.70. The summed E-state index contributed by atoms with van der Waals surface area (Å²) in [5.74, 6) is 2.80. The van der Waals surface area contributed by atoms with Crippen LogP contribution in [0.4, 0.5) is 13.2 Å². The van der Waals surface area contributed by atoms with Crippen LogP contribution in [0.25, 0.3) is 0 Å². The van der Waals surface area contributed by atoms with Gasteiger partial charge in [-0.05, 0) is 24.1 Å². The standard InChI is InChI=1S/C13H13F3O/c1-4-10-7-11(13(14,15)16)5-6-12(10)17-8-9(2)3/h1,5-7,9H,8H2,2-3H3. The average Bonchev–Trinajstić information content (AvgIpc) is 2.24. The van der Waals surface area contributed by atoms with Crippen LogP contribution < -0.4 is 4.74 Å². The summed E-state index contributed by atoms with van der Waals surface area (Å²) in [4.78, 5) is 0. The van der Waals surface area contributed by atoms with Crippen LogP contribution in [0.2, 0.25) is 0 Å². The van der Waals surface area contributed by atoms with E-state index in [2.05, 4.69) is 5.92 Å². The Morgan fingerprint density at radius 2 is 2.00 bits per heavy atom. The van der Waals surface area contributed by atoms with Crippen molar-refractivity contribution in [3.63, 3.8) is 0 Å². The monoisotopic (exact) mass is 242 g/mol. The molecule has 0 N–H and O–H groups in total. The Kier molecular flexibility index (Phi) is 4.06. The van der Waals surface area contributed by atoms with Crippen molar-refractivity contribution in [3.05, 3.63) is 29.3 Å². The van der Waals surface area contributed by atoms with E-state index in [1.54, 1.807) is 0 Å². The topological polar surface area (TPSA) is 9.23 Å². The van der Waals surface area contributed by atoms with Gasteiger partial charge in [0.15, 0.2) is 0 Å². The third-order valence-electron chi connectivity index (χ3n) is 2.03.